The second kappa shape index (κ2) is 6.76. The molecule has 2 rings (SSSR count). The Morgan fingerprint density at radius 2 is 1.89 bits per heavy atom. The van der Waals surface area contributed by atoms with Gasteiger partial charge in [0, 0.05) is 16.5 Å². The first-order valence-corrected chi connectivity index (χ1v) is 7.86. The Kier molecular flexibility index (Phi) is 5.29. The van der Waals surface area contributed by atoms with Crippen LogP contribution in [0.2, 0.25) is 10.0 Å². The highest BCUT2D eigenvalue weighted by Gasteiger charge is 2.27. The fraction of sp³-hybridized carbons (Fsp3) is 0.562. The zero-order chi connectivity index (χ0) is 13.8. The molecule has 1 nitrogen and oxygen atoms in total. The van der Waals surface area contributed by atoms with Crippen LogP contribution in [0, 0.1) is 11.8 Å². The first-order valence-electron chi connectivity index (χ1n) is 7.11. The van der Waals surface area contributed by atoms with Gasteiger partial charge in [-0.3, -0.25) is 4.79 Å². The van der Waals surface area contributed by atoms with Crippen molar-refractivity contribution in [2.75, 3.05) is 0 Å². The van der Waals surface area contributed by atoms with Crippen LogP contribution in [0.15, 0.2) is 18.2 Å². The van der Waals surface area contributed by atoms with Crippen LogP contribution in [0.3, 0.4) is 0 Å². The molecular weight excluding hydrogens is 279 g/mol. The number of carbonyl (C=O) groups excluding carboxylic acids is 1. The molecule has 1 aromatic carbocycles. The van der Waals surface area contributed by atoms with Crippen LogP contribution in [0.1, 0.15) is 55.8 Å². The lowest BCUT2D eigenvalue weighted by molar-refractivity contribution is 0.0870. The van der Waals surface area contributed by atoms with E-state index >= 15 is 0 Å². The Morgan fingerprint density at radius 3 is 2.53 bits per heavy atom. The van der Waals surface area contributed by atoms with E-state index in [9.17, 15) is 4.79 Å². The van der Waals surface area contributed by atoms with Crippen LogP contribution >= 0.6 is 23.2 Å². The summed E-state index contributed by atoms with van der Waals surface area (Å²) in [6.45, 7) is 2.23. The maximum atomic E-state index is 12.5. The van der Waals surface area contributed by atoms with Gasteiger partial charge in [-0.05, 0) is 49.8 Å². The number of hydrogen-bond acceptors (Lipinski definition) is 1. The minimum atomic E-state index is 0.129. The topological polar surface area (TPSA) is 17.1 Å². The van der Waals surface area contributed by atoms with Crippen LogP contribution in [-0.2, 0) is 0 Å². The van der Waals surface area contributed by atoms with Crippen LogP contribution in [0.5, 0.6) is 0 Å². The third-order valence-corrected chi connectivity index (χ3v) is 4.67. The van der Waals surface area contributed by atoms with Crippen molar-refractivity contribution in [2.24, 2.45) is 11.8 Å². The molecule has 0 aliphatic heterocycles. The van der Waals surface area contributed by atoms with Crippen molar-refractivity contribution in [3.05, 3.63) is 33.8 Å². The molecule has 0 aromatic heterocycles. The molecule has 104 valence electrons. The molecule has 1 saturated carbocycles. The van der Waals surface area contributed by atoms with Crippen molar-refractivity contribution >= 4 is 29.0 Å². The predicted molar refractivity (Wildman–Crippen MR) is 81.1 cm³/mol. The molecule has 0 radical (unpaired) electrons. The third-order valence-electron chi connectivity index (χ3n) is 4.11. The number of carbonyl (C=O) groups is 1. The highest BCUT2D eigenvalue weighted by molar-refractivity contribution is 6.36. The van der Waals surface area contributed by atoms with Gasteiger partial charge in [-0.1, -0.05) is 43.0 Å². The van der Waals surface area contributed by atoms with E-state index in [1.165, 1.54) is 25.7 Å². The van der Waals surface area contributed by atoms with Gasteiger partial charge in [0.1, 0.15) is 0 Å². The molecule has 1 fully saturated rings. The monoisotopic (exact) mass is 298 g/mol. The van der Waals surface area contributed by atoms with E-state index in [4.69, 9.17) is 23.2 Å². The average Bonchev–Trinajstić information content (AvgIpc) is 2.42. The first kappa shape index (κ1) is 14.9. The van der Waals surface area contributed by atoms with Gasteiger partial charge >= 0.3 is 0 Å². The lowest BCUT2D eigenvalue weighted by Crippen LogP contribution is -2.22. The number of rotatable bonds is 4. The standard InChI is InChI=1S/C16H20Cl2O/c1-2-3-11-4-6-12(7-5-11)16(19)14-10-13(17)8-9-15(14)18/h8-12H,2-7H2,1H3. The van der Waals surface area contributed by atoms with Gasteiger partial charge in [0.2, 0.25) is 0 Å². The molecule has 0 heterocycles. The number of Topliss-reactive ketones (excluding diaryl/α,β-unsaturated/α-hetero) is 1. The first-order chi connectivity index (χ1) is 9.11. The molecule has 0 spiro atoms. The molecule has 1 aromatic rings. The lowest BCUT2D eigenvalue weighted by Gasteiger charge is -2.27. The minimum absolute atomic E-state index is 0.129. The molecule has 0 bridgehead atoms. The van der Waals surface area contributed by atoms with Crippen LogP contribution in [0.25, 0.3) is 0 Å². The summed E-state index contributed by atoms with van der Waals surface area (Å²) in [5.41, 5.74) is 0.591. The molecule has 0 saturated heterocycles. The predicted octanol–water partition coefficient (Wildman–Crippen LogP) is 5.78. The van der Waals surface area contributed by atoms with E-state index in [0.29, 0.717) is 15.6 Å². The fourth-order valence-corrected chi connectivity index (χ4v) is 3.41. The summed E-state index contributed by atoms with van der Waals surface area (Å²) in [6.07, 6.45) is 6.85. The van der Waals surface area contributed by atoms with E-state index in [0.717, 1.165) is 18.8 Å². The summed E-state index contributed by atoms with van der Waals surface area (Å²) in [5.74, 6) is 1.11. The Morgan fingerprint density at radius 1 is 1.21 bits per heavy atom. The Hall–Kier alpha value is -0.530. The van der Waals surface area contributed by atoms with Crippen molar-refractivity contribution in [3.63, 3.8) is 0 Å². The van der Waals surface area contributed by atoms with Gasteiger partial charge in [0.25, 0.3) is 0 Å². The van der Waals surface area contributed by atoms with Gasteiger partial charge in [0.15, 0.2) is 5.78 Å². The minimum Gasteiger partial charge on any atom is -0.294 e. The van der Waals surface area contributed by atoms with Gasteiger partial charge < -0.3 is 0 Å². The van der Waals surface area contributed by atoms with Gasteiger partial charge in [-0.2, -0.15) is 0 Å². The number of benzene rings is 1. The quantitative estimate of drug-likeness (QED) is 0.644. The molecule has 3 heteroatoms. The Bertz CT molecular complexity index is 448. The lowest BCUT2D eigenvalue weighted by atomic mass is 9.77. The number of ketones is 1. The van der Waals surface area contributed by atoms with E-state index < -0.39 is 0 Å². The summed E-state index contributed by atoms with van der Waals surface area (Å²) < 4.78 is 0. The van der Waals surface area contributed by atoms with E-state index in [2.05, 4.69) is 6.92 Å². The maximum Gasteiger partial charge on any atom is 0.167 e. The summed E-state index contributed by atoms with van der Waals surface area (Å²) in [4.78, 5) is 12.5. The Labute approximate surface area is 125 Å². The number of halogens is 2. The summed E-state index contributed by atoms with van der Waals surface area (Å²) >= 11 is 12.1. The highest BCUT2D eigenvalue weighted by atomic mass is 35.5. The van der Waals surface area contributed by atoms with Crippen LogP contribution in [-0.4, -0.2) is 5.78 Å². The largest absolute Gasteiger partial charge is 0.294 e. The van der Waals surface area contributed by atoms with Gasteiger partial charge in [-0.15, -0.1) is 0 Å². The molecular formula is C16H20Cl2O. The molecule has 0 N–H and O–H groups in total. The SMILES string of the molecule is CCCC1CCC(C(=O)c2cc(Cl)ccc2Cl)CC1. The van der Waals surface area contributed by atoms with Crippen molar-refractivity contribution in [2.45, 2.75) is 45.4 Å². The van der Waals surface area contributed by atoms with Crippen molar-refractivity contribution < 1.29 is 4.79 Å². The molecule has 1 aliphatic carbocycles. The van der Waals surface area contributed by atoms with Crippen molar-refractivity contribution in [1.29, 1.82) is 0 Å². The number of hydrogen-bond donors (Lipinski definition) is 0. The highest BCUT2D eigenvalue weighted by Crippen LogP contribution is 2.34. The van der Waals surface area contributed by atoms with E-state index in [1.807, 2.05) is 0 Å². The smallest absolute Gasteiger partial charge is 0.167 e. The zero-order valence-corrected chi connectivity index (χ0v) is 12.8. The summed E-state index contributed by atoms with van der Waals surface area (Å²) in [7, 11) is 0. The second-order valence-electron chi connectivity index (χ2n) is 5.49. The maximum absolute atomic E-state index is 12.5. The van der Waals surface area contributed by atoms with Gasteiger partial charge in [0.05, 0.1) is 5.02 Å². The molecule has 1 aliphatic rings. The molecule has 0 unspecified atom stereocenters. The van der Waals surface area contributed by atoms with E-state index in [-0.39, 0.29) is 11.7 Å². The van der Waals surface area contributed by atoms with Crippen molar-refractivity contribution in [3.8, 4) is 0 Å². The van der Waals surface area contributed by atoms with Crippen molar-refractivity contribution in [1.82, 2.24) is 0 Å². The Balaban J connectivity index is 2.03. The normalized spacial score (nSPS) is 23.3. The summed E-state index contributed by atoms with van der Waals surface area (Å²) in [6, 6.07) is 5.13. The van der Waals surface area contributed by atoms with Gasteiger partial charge in [-0.25, -0.2) is 0 Å². The molecule has 0 atom stereocenters. The zero-order valence-electron chi connectivity index (χ0n) is 11.3. The molecule has 19 heavy (non-hydrogen) atoms. The fourth-order valence-electron chi connectivity index (χ4n) is 3.03. The van der Waals surface area contributed by atoms with Crippen LogP contribution in [0.4, 0.5) is 0 Å². The third kappa shape index (κ3) is 3.73. The second-order valence-corrected chi connectivity index (χ2v) is 6.34. The summed E-state index contributed by atoms with van der Waals surface area (Å²) in [5, 5.41) is 1.09. The molecule has 0 amide bonds. The average molecular weight is 299 g/mol. The van der Waals surface area contributed by atoms with Crippen LogP contribution < -0.4 is 0 Å². The van der Waals surface area contributed by atoms with E-state index in [1.54, 1.807) is 18.2 Å².